The van der Waals surface area contributed by atoms with Crippen molar-refractivity contribution in [1.29, 1.82) is 0 Å². The van der Waals surface area contributed by atoms with Crippen LogP contribution >= 0.6 is 0 Å². The van der Waals surface area contributed by atoms with Gasteiger partial charge in [0.2, 0.25) is 0 Å². The van der Waals surface area contributed by atoms with E-state index < -0.39 is 5.60 Å². The molecule has 0 atom stereocenters. The topological polar surface area (TPSA) is 75.1 Å². The summed E-state index contributed by atoms with van der Waals surface area (Å²) in [5.41, 5.74) is 7.49. The smallest absolute Gasteiger partial charge is 0.312 e. The van der Waals surface area contributed by atoms with Gasteiger partial charge in [0.15, 0.2) is 0 Å². The predicted octanol–water partition coefficient (Wildman–Crippen LogP) is 2.17. The zero-order chi connectivity index (χ0) is 10.2. The molecule has 0 amide bonds. The van der Waals surface area contributed by atoms with Crippen LogP contribution in [0.5, 0.6) is 0 Å². The summed E-state index contributed by atoms with van der Waals surface area (Å²) >= 11 is 0. The molecule has 5 heteroatoms. The van der Waals surface area contributed by atoms with Crippen LogP contribution in [-0.2, 0) is 9.53 Å². The maximum Gasteiger partial charge on any atom is 0.312 e. The van der Waals surface area contributed by atoms with E-state index in [-0.39, 0.29) is 17.9 Å². The molecule has 1 aliphatic carbocycles. The first kappa shape index (κ1) is 9.34. The first-order valence-electron chi connectivity index (χ1n) is 4.85. The van der Waals surface area contributed by atoms with Crippen LogP contribution in [-0.4, -0.2) is 18.1 Å². The summed E-state index contributed by atoms with van der Waals surface area (Å²) in [4.78, 5) is 14.3. The van der Waals surface area contributed by atoms with Crippen molar-refractivity contribution in [1.82, 2.24) is 0 Å². The SMILES string of the molecule is CC12CCC(CN=[N+]=[N-])(CC1)OC2=O. The molecule has 3 aliphatic rings. The lowest BCUT2D eigenvalue weighted by Crippen LogP contribution is -2.54. The molecule has 0 aromatic rings. The van der Waals surface area contributed by atoms with E-state index in [1.165, 1.54) is 0 Å². The van der Waals surface area contributed by atoms with Crippen LogP contribution in [0.1, 0.15) is 32.6 Å². The zero-order valence-electron chi connectivity index (χ0n) is 8.19. The quantitative estimate of drug-likeness (QED) is 0.293. The predicted molar refractivity (Wildman–Crippen MR) is 49.4 cm³/mol. The summed E-state index contributed by atoms with van der Waals surface area (Å²) in [6, 6.07) is 0. The van der Waals surface area contributed by atoms with E-state index in [1.807, 2.05) is 6.92 Å². The maximum atomic E-state index is 11.6. The molecular weight excluding hydrogens is 182 g/mol. The molecule has 0 radical (unpaired) electrons. The van der Waals surface area contributed by atoms with Crippen molar-refractivity contribution in [3.05, 3.63) is 10.4 Å². The Kier molecular flexibility index (Phi) is 1.93. The van der Waals surface area contributed by atoms with Gasteiger partial charge in [-0.05, 0) is 38.1 Å². The van der Waals surface area contributed by atoms with Crippen molar-refractivity contribution in [3.8, 4) is 0 Å². The van der Waals surface area contributed by atoms with Crippen molar-refractivity contribution in [3.63, 3.8) is 0 Å². The fourth-order valence-corrected chi connectivity index (χ4v) is 2.23. The third-order valence-electron chi connectivity index (χ3n) is 3.49. The molecule has 2 saturated heterocycles. The van der Waals surface area contributed by atoms with Gasteiger partial charge in [0.25, 0.3) is 0 Å². The van der Waals surface area contributed by atoms with Gasteiger partial charge in [0.1, 0.15) is 5.60 Å². The highest BCUT2D eigenvalue weighted by atomic mass is 16.6. The molecule has 2 bridgehead atoms. The van der Waals surface area contributed by atoms with Gasteiger partial charge in [0, 0.05) is 4.91 Å². The molecule has 0 N–H and O–H groups in total. The maximum absolute atomic E-state index is 11.6. The number of fused-ring (bicyclic) bond motifs is 3. The Morgan fingerprint density at radius 2 is 2.14 bits per heavy atom. The number of hydrogen-bond donors (Lipinski definition) is 0. The van der Waals surface area contributed by atoms with Crippen molar-refractivity contribution in [2.75, 3.05) is 6.54 Å². The molecule has 5 nitrogen and oxygen atoms in total. The number of rotatable bonds is 2. The molecule has 2 heterocycles. The van der Waals surface area contributed by atoms with Crippen molar-refractivity contribution >= 4 is 5.97 Å². The van der Waals surface area contributed by atoms with Gasteiger partial charge in [-0.25, -0.2) is 0 Å². The van der Waals surface area contributed by atoms with E-state index in [0.717, 1.165) is 25.7 Å². The Balaban J connectivity index is 2.17. The number of ether oxygens (including phenoxy) is 1. The monoisotopic (exact) mass is 195 g/mol. The molecule has 1 saturated carbocycles. The second kappa shape index (κ2) is 2.89. The Morgan fingerprint density at radius 1 is 1.50 bits per heavy atom. The molecule has 3 fully saturated rings. The average molecular weight is 195 g/mol. The lowest BCUT2D eigenvalue weighted by atomic mass is 9.67. The standard InChI is InChI=1S/C9H13N3O2/c1-8-2-4-9(5-3-8,6-11-12-10)14-7(8)13/h2-6H2,1H3. The van der Waals surface area contributed by atoms with E-state index >= 15 is 0 Å². The van der Waals surface area contributed by atoms with Crippen LogP contribution in [0.2, 0.25) is 0 Å². The van der Waals surface area contributed by atoms with Gasteiger partial charge >= 0.3 is 5.97 Å². The van der Waals surface area contributed by atoms with Crippen molar-refractivity contribution < 1.29 is 9.53 Å². The second-order valence-corrected chi connectivity index (χ2v) is 4.52. The van der Waals surface area contributed by atoms with E-state index in [9.17, 15) is 4.79 Å². The van der Waals surface area contributed by atoms with Crippen LogP contribution in [0.3, 0.4) is 0 Å². The van der Waals surface area contributed by atoms with Gasteiger partial charge in [-0.1, -0.05) is 5.11 Å². The molecule has 14 heavy (non-hydrogen) atoms. The Morgan fingerprint density at radius 3 is 2.64 bits per heavy atom. The number of nitrogens with zero attached hydrogens (tertiary/aromatic N) is 3. The Hall–Kier alpha value is -1.22. The normalized spacial score (nSPS) is 40.2. The average Bonchev–Trinajstić information content (AvgIpc) is 2.19. The van der Waals surface area contributed by atoms with Crippen LogP contribution in [0, 0.1) is 5.41 Å². The molecule has 0 aromatic heterocycles. The number of carbonyl (C=O) groups is 1. The Labute approximate surface area is 82.1 Å². The third-order valence-corrected chi connectivity index (χ3v) is 3.49. The molecule has 0 unspecified atom stereocenters. The first-order chi connectivity index (χ1) is 6.60. The number of azide groups is 1. The lowest BCUT2D eigenvalue weighted by molar-refractivity contribution is -0.199. The molecule has 3 rings (SSSR count). The largest absolute Gasteiger partial charge is 0.459 e. The fraction of sp³-hybridized carbons (Fsp3) is 0.889. The highest BCUT2D eigenvalue weighted by Gasteiger charge is 2.53. The molecule has 0 spiro atoms. The van der Waals surface area contributed by atoms with E-state index in [4.69, 9.17) is 10.3 Å². The summed E-state index contributed by atoms with van der Waals surface area (Å²) in [5.74, 6) is -0.122. The number of hydrogen-bond acceptors (Lipinski definition) is 3. The van der Waals surface area contributed by atoms with Gasteiger partial charge < -0.3 is 4.74 Å². The van der Waals surface area contributed by atoms with E-state index in [1.54, 1.807) is 0 Å². The van der Waals surface area contributed by atoms with Crippen molar-refractivity contribution in [2.45, 2.75) is 38.2 Å². The fourth-order valence-electron chi connectivity index (χ4n) is 2.23. The van der Waals surface area contributed by atoms with Crippen LogP contribution < -0.4 is 0 Å². The van der Waals surface area contributed by atoms with E-state index in [2.05, 4.69) is 10.0 Å². The first-order valence-corrected chi connectivity index (χ1v) is 4.85. The lowest BCUT2D eigenvalue weighted by Gasteiger charge is -2.49. The summed E-state index contributed by atoms with van der Waals surface area (Å²) in [7, 11) is 0. The zero-order valence-corrected chi connectivity index (χ0v) is 8.19. The number of carbonyl (C=O) groups excluding carboxylic acids is 1. The minimum atomic E-state index is -0.485. The summed E-state index contributed by atoms with van der Waals surface area (Å²) in [5, 5.41) is 3.52. The summed E-state index contributed by atoms with van der Waals surface area (Å²) in [6.07, 6.45) is 3.36. The molecule has 2 aliphatic heterocycles. The van der Waals surface area contributed by atoms with Crippen LogP contribution in [0.15, 0.2) is 5.11 Å². The van der Waals surface area contributed by atoms with E-state index in [0.29, 0.717) is 0 Å². The highest BCUT2D eigenvalue weighted by molar-refractivity contribution is 5.78. The van der Waals surface area contributed by atoms with Gasteiger partial charge in [-0.2, -0.15) is 0 Å². The molecular formula is C9H13N3O2. The summed E-state index contributed by atoms with van der Waals surface area (Å²) < 4.78 is 5.37. The minimum Gasteiger partial charge on any atom is -0.459 e. The highest BCUT2D eigenvalue weighted by Crippen LogP contribution is 2.49. The van der Waals surface area contributed by atoms with Crippen molar-refractivity contribution in [2.24, 2.45) is 10.5 Å². The molecule has 0 aromatic carbocycles. The van der Waals surface area contributed by atoms with Gasteiger partial charge in [-0.15, -0.1) is 0 Å². The number of esters is 1. The van der Waals surface area contributed by atoms with Crippen LogP contribution in [0.25, 0.3) is 10.4 Å². The minimum absolute atomic E-state index is 0.122. The van der Waals surface area contributed by atoms with Crippen LogP contribution in [0.4, 0.5) is 0 Å². The van der Waals surface area contributed by atoms with Gasteiger partial charge in [0.05, 0.1) is 12.0 Å². The Bertz CT molecular complexity index is 312. The van der Waals surface area contributed by atoms with Gasteiger partial charge in [-0.3, -0.25) is 4.79 Å². The molecule has 76 valence electrons. The summed E-state index contributed by atoms with van der Waals surface area (Å²) in [6.45, 7) is 2.23. The second-order valence-electron chi connectivity index (χ2n) is 4.52. The third kappa shape index (κ3) is 1.24.